The molecule has 3 heterocycles. The lowest BCUT2D eigenvalue weighted by Gasteiger charge is -2.33. The summed E-state index contributed by atoms with van der Waals surface area (Å²) in [5, 5.41) is 12.1. The van der Waals surface area contributed by atoms with Gasteiger partial charge in [-0.05, 0) is 48.2 Å². The molecule has 0 bridgehead atoms. The maximum Gasteiger partial charge on any atom is 0.225 e. The van der Waals surface area contributed by atoms with Crippen LogP contribution < -0.4 is 10.2 Å². The van der Waals surface area contributed by atoms with E-state index < -0.39 is 0 Å². The van der Waals surface area contributed by atoms with E-state index in [0.717, 1.165) is 47.6 Å². The third-order valence-electron chi connectivity index (χ3n) is 6.28. The SMILES string of the molecule is O=C(NC(c1ccccc1)c1ccccc1)C1CCCN(c2ccc(-c3cccnc3)nn2)C1. The van der Waals surface area contributed by atoms with E-state index in [9.17, 15) is 4.79 Å². The van der Waals surface area contributed by atoms with Crippen molar-refractivity contribution in [1.29, 1.82) is 0 Å². The van der Waals surface area contributed by atoms with Gasteiger partial charge in [0.05, 0.1) is 17.7 Å². The summed E-state index contributed by atoms with van der Waals surface area (Å²) in [6, 6.07) is 27.9. The second-order valence-corrected chi connectivity index (χ2v) is 8.57. The van der Waals surface area contributed by atoms with Crippen LogP contribution >= 0.6 is 0 Å². The van der Waals surface area contributed by atoms with Gasteiger partial charge in [0.25, 0.3) is 0 Å². The van der Waals surface area contributed by atoms with E-state index in [2.05, 4.69) is 49.7 Å². The summed E-state index contributed by atoms with van der Waals surface area (Å²) < 4.78 is 0. The Labute approximate surface area is 199 Å². The first-order valence-electron chi connectivity index (χ1n) is 11.7. The molecule has 170 valence electrons. The van der Waals surface area contributed by atoms with Crippen LogP contribution in [-0.4, -0.2) is 34.2 Å². The summed E-state index contributed by atoms with van der Waals surface area (Å²) in [6.45, 7) is 1.49. The first kappa shape index (κ1) is 21.8. The van der Waals surface area contributed by atoms with Gasteiger partial charge in [-0.2, -0.15) is 0 Å². The molecule has 0 radical (unpaired) electrons. The number of aromatic nitrogens is 3. The number of benzene rings is 2. The highest BCUT2D eigenvalue weighted by molar-refractivity contribution is 5.80. The average molecular weight is 450 g/mol. The molecule has 1 aliphatic rings. The molecular formula is C28H27N5O. The van der Waals surface area contributed by atoms with E-state index in [4.69, 9.17) is 0 Å². The van der Waals surface area contributed by atoms with Gasteiger partial charge in [-0.15, -0.1) is 10.2 Å². The van der Waals surface area contributed by atoms with Gasteiger partial charge in [0, 0.05) is 31.0 Å². The number of nitrogens with zero attached hydrogens (tertiary/aromatic N) is 4. The quantitative estimate of drug-likeness (QED) is 0.464. The van der Waals surface area contributed by atoms with Crippen molar-refractivity contribution in [3.05, 3.63) is 108 Å². The molecule has 0 spiro atoms. The number of hydrogen-bond donors (Lipinski definition) is 1. The number of carbonyl (C=O) groups is 1. The molecule has 1 unspecified atom stereocenters. The molecule has 5 rings (SSSR count). The number of anilines is 1. The van der Waals surface area contributed by atoms with Crippen LogP contribution in [0.3, 0.4) is 0 Å². The van der Waals surface area contributed by atoms with Crippen molar-refractivity contribution in [2.45, 2.75) is 18.9 Å². The second kappa shape index (κ2) is 10.3. The molecule has 0 aliphatic carbocycles. The molecular weight excluding hydrogens is 422 g/mol. The Kier molecular flexibility index (Phi) is 6.56. The Balaban J connectivity index is 1.30. The molecule has 1 aliphatic heterocycles. The number of piperidine rings is 1. The summed E-state index contributed by atoms with van der Waals surface area (Å²) in [4.78, 5) is 19.7. The third-order valence-corrected chi connectivity index (χ3v) is 6.28. The van der Waals surface area contributed by atoms with Gasteiger partial charge < -0.3 is 10.2 Å². The van der Waals surface area contributed by atoms with E-state index in [1.807, 2.05) is 60.7 Å². The Morgan fingerprint density at radius 2 is 1.62 bits per heavy atom. The summed E-state index contributed by atoms with van der Waals surface area (Å²) >= 11 is 0. The monoisotopic (exact) mass is 449 g/mol. The zero-order valence-electron chi connectivity index (χ0n) is 18.9. The highest BCUT2D eigenvalue weighted by atomic mass is 16.2. The van der Waals surface area contributed by atoms with Crippen LogP contribution in [0, 0.1) is 5.92 Å². The molecule has 6 nitrogen and oxygen atoms in total. The van der Waals surface area contributed by atoms with Crippen molar-refractivity contribution in [2.24, 2.45) is 5.92 Å². The zero-order valence-corrected chi connectivity index (χ0v) is 18.9. The van der Waals surface area contributed by atoms with Gasteiger partial charge >= 0.3 is 0 Å². The van der Waals surface area contributed by atoms with Crippen molar-refractivity contribution in [3.8, 4) is 11.3 Å². The van der Waals surface area contributed by atoms with Gasteiger partial charge in [0.1, 0.15) is 0 Å². The van der Waals surface area contributed by atoms with Crippen LogP contribution in [0.5, 0.6) is 0 Å². The average Bonchev–Trinajstić information content (AvgIpc) is 2.93. The Morgan fingerprint density at radius 3 is 2.24 bits per heavy atom. The van der Waals surface area contributed by atoms with Crippen LogP contribution in [-0.2, 0) is 4.79 Å². The predicted molar refractivity (Wildman–Crippen MR) is 133 cm³/mol. The summed E-state index contributed by atoms with van der Waals surface area (Å²) in [6.07, 6.45) is 5.32. The minimum Gasteiger partial charge on any atom is -0.354 e. The van der Waals surface area contributed by atoms with E-state index in [1.54, 1.807) is 12.4 Å². The van der Waals surface area contributed by atoms with Crippen LogP contribution in [0.4, 0.5) is 5.82 Å². The Morgan fingerprint density at radius 1 is 0.882 bits per heavy atom. The molecule has 1 saturated heterocycles. The van der Waals surface area contributed by atoms with Gasteiger partial charge in [-0.3, -0.25) is 9.78 Å². The lowest BCUT2D eigenvalue weighted by atomic mass is 9.94. The fourth-order valence-electron chi connectivity index (χ4n) is 4.47. The molecule has 1 fully saturated rings. The van der Waals surface area contributed by atoms with Crippen LogP contribution in [0.2, 0.25) is 0 Å². The summed E-state index contributed by atoms with van der Waals surface area (Å²) in [7, 11) is 0. The van der Waals surface area contributed by atoms with E-state index >= 15 is 0 Å². The second-order valence-electron chi connectivity index (χ2n) is 8.57. The maximum atomic E-state index is 13.4. The minimum atomic E-state index is -0.177. The van der Waals surface area contributed by atoms with Gasteiger partial charge in [-0.1, -0.05) is 60.7 Å². The van der Waals surface area contributed by atoms with E-state index in [1.165, 1.54) is 0 Å². The molecule has 1 atom stereocenters. The molecule has 0 saturated carbocycles. The van der Waals surface area contributed by atoms with Crippen molar-refractivity contribution in [3.63, 3.8) is 0 Å². The lowest BCUT2D eigenvalue weighted by Crippen LogP contribution is -2.44. The number of amides is 1. The molecule has 1 N–H and O–H groups in total. The van der Waals surface area contributed by atoms with Crippen LogP contribution in [0.1, 0.15) is 30.0 Å². The molecule has 2 aromatic heterocycles. The Hall–Kier alpha value is -4.06. The molecule has 1 amide bonds. The van der Waals surface area contributed by atoms with Crippen molar-refractivity contribution >= 4 is 11.7 Å². The highest BCUT2D eigenvalue weighted by Crippen LogP contribution is 2.26. The predicted octanol–water partition coefficient (Wildman–Crippen LogP) is 4.66. The van der Waals surface area contributed by atoms with Gasteiger partial charge in [0.2, 0.25) is 5.91 Å². The third kappa shape index (κ3) is 4.96. The fourth-order valence-corrected chi connectivity index (χ4v) is 4.47. The number of rotatable bonds is 6. The molecule has 4 aromatic rings. The van der Waals surface area contributed by atoms with Crippen molar-refractivity contribution in [1.82, 2.24) is 20.5 Å². The maximum absolute atomic E-state index is 13.4. The first-order valence-corrected chi connectivity index (χ1v) is 11.7. The summed E-state index contributed by atoms with van der Waals surface area (Å²) in [5.74, 6) is 0.763. The molecule has 34 heavy (non-hydrogen) atoms. The highest BCUT2D eigenvalue weighted by Gasteiger charge is 2.29. The smallest absolute Gasteiger partial charge is 0.225 e. The van der Waals surface area contributed by atoms with Gasteiger partial charge in [-0.25, -0.2) is 0 Å². The van der Waals surface area contributed by atoms with Crippen LogP contribution in [0.15, 0.2) is 97.3 Å². The largest absolute Gasteiger partial charge is 0.354 e. The van der Waals surface area contributed by atoms with Crippen molar-refractivity contribution in [2.75, 3.05) is 18.0 Å². The lowest BCUT2D eigenvalue weighted by molar-refractivity contribution is -0.125. The summed E-state index contributed by atoms with van der Waals surface area (Å²) in [5.41, 5.74) is 3.88. The minimum absolute atomic E-state index is 0.0716. The molecule has 2 aromatic carbocycles. The molecule has 6 heteroatoms. The van der Waals surface area contributed by atoms with E-state index in [0.29, 0.717) is 6.54 Å². The van der Waals surface area contributed by atoms with E-state index in [-0.39, 0.29) is 17.9 Å². The number of hydrogen-bond acceptors (Lipinski definition) is 5. The zero-order chi connectivity index (χ0) is 23.2. The van der Waals surface area contributed by atoms with Crippen LogP contribution in [0.25, 0.3) is 11.3 Å². The van der Waals surface area contributed by atoms with Crippen molar-refractivity contribution < 1.29 is 4.79 Å². The fraction of sp³-hybridized carbons (Fsp3) is 0.214. The topological polar surface area (TPSA) is 71.0 Å². The standard InChI is InChI=1S/C28H27N5O/c34-28(30-27(21-9-3-1-4-10-21)22-11-5-2-6-12-22)24-14-8-18-33(20-24)26-16-15-25(31-32-26)23-13-7-17-29-19-23/h1-7,9-13,15-17,19,24,27H,8,14,18,20H2,(H,30,34). The van der Waals surface area contributed by atoms with Gasteiger partial charge in [0.15, 0.2) is 5.82 Å². The Bertz CT molecular complexity index is 1160. The number of carbonyl (C=O) groups excluding carboxylic acids is 1. The number of nitrogens with one attached hydrogen (secondary N) is 1. The number of pyridine rings is 1. The normalized spacial score (nSPS) is 15.8. The first-order chi connectivity index (χ1) is 16.8.